The summed E-state index contributed by atoms with van der Waals surface area (Å²) in [5.74, 6) is 0. The average Bonchev–Trinajstić information content (AvgIpc) is 2.85. The molecule has 6 nitrogen and oxygen atoms in total. The molecule has 0 radical (unpaired) electrons. The number of amides is 4. The van der Waals surface area contributed by atoms with Crippen molar-refractivity contribution in [3.05, 3.63) is 35.4 Å². The molecule has 0 aliphatic carbocycles. The first kappa shape index (κ1) is 15.6. The number of aryl methyl sites for hydroxylation is 1. The van der Waals surface area contributed by atoms with Crippen molar-refractivity contribution in [2.45, 2.75) is 26.4 Å². The Hall–Kier alpha value is -2.24. The van der Waals surface area contributed by atoms with E-state index >= 15 is 0 Å². The average molecular weight is 316 g/mol. The van der Waals surface area contributed by atoms with E-state index in [-0.39, 0.29) is 18.1 Å². The van der Waals surface area contributed by atoms with Gasteiger partial charge in [-0.15, -0.1) is 0 Å². The molecule has 3 rings (SSSR count). The van der Waals surface area contributed by atoms with E-state index in [1.807, 2.05) is 21.6 Å². The maximum atomic E-state index is 12.5. The fraction of sp³-hybridized carbons (Fsp3) is 0.529. The van der Waals surface area contributed by atoms with Gasteiger partial charge in [-0.25, -0.2) is 9.59 Å². The third-order valence-corrected chi connectivity index (χ3v) is 4.54. The van der Waals surface area contributed by atoms with Gasteiger partial charge in [0.1, 0.15) is 0 Å². The van der Waals surface area contributed by atoms with Gasteiger partial charge < -0.3 is 20.0 Å². The Morgan fingerprint density at radius 1 is 1.22 bits per heavy atom. The first-order valence-corrected chi connectivity index (χ1v) is 8.22. The molecule has 0 bridgehead atoms. The van der Waals surface area contributed by atoms with Crippen molar-refractivity contribution in [3.63, 3.8) is 0 Å². The lowest BCUT2D eigenvalue weighted by Gasteiger charge is -2.36. The van der Waals surface area contributed by atoms with E-state index in [0.717, 1.165) is 5.56 Å². The van der Waals surface area contributed by atoms with Crippen molar-refractivity contribution in [2.75, 3.05) is 32.7 Å². The number of hydrogen-bond donors (Lipinski definition) is 1. The third-order valence-electron chi connectivity index (χ3n) is 4.54. The Labute approximate surface area is 137 Å². The van der Waals surface area contributed by atoms with E-state index in [9.17, 15) is 9.59 Å². The molecule has 1 N–H and O–H groups in total. The zero-order valence-electron chi connectivity index (χ0n) is 13.8. The molecule has 6 heteroatoms. The molecule has 2 saturated heterocycles. The molecule has 0 aromatic heterocycles. The molecule has 2 fully saturated rings. The number of fused-ring (bicyclic) bond motifs is 1. The first-order chi connectivity index (χ1) is 11.1. The summed E-state index contributed by atoms with van der Waals surface area (Å²) in [6.07, 6.45) is 0. The predicted molar refractivity (Wildman–Crippen MR) is 88.1 cm³/mol. The van der Waals surface area contributed by atoms with Gasteiger partial charge in [0.05, 0.1) is 6.04 Å². The van der Waals surface area contributed by atoms with Crippen LogP contribution in [-0.4, -0.2) is 65.5 Å². The van der Waals surface area contributed by atoms with Crippen LogP contribution in [0.3, 0.4) is 0 Å². The lowest BCUT2D eigenvalue weighted by Crippen LogP contribution is -2.55. The molecule has 0 saturated carbocycles. The SMILES string of the molecule is CCNC(=O)N1CCN2C(=O)N(Cc3ccc(C)cc3)C[C@H]2C1. The number of urea groups is 2. The van der Waals surface area contributed by atoms with Gasteiger partial charge in [-0.3, -0.25) is 0 Å². The number of benzene rings is 1. The topological polar surface area (TPSA) is 55.9 Å². The summed E-state index contributed by atoms with van der Waals surface area (Å²) in [5.41, 5.74) is 2.36. The van der Waals surface area contributed by atoms with Crippen LogP contribution in [0.4, 0.5) is 9.59 Å². The van der Waals surface area contributed by atoms with Gasteiger partial charge in [-0.2, -0.15) is 0 Å². The number of hydrogen-bond acceptors (Lipinski definition) is 2. The second-order valence-corrected chi connectivity index (χ2v) is 6.28. The number of nitrogens with one attached hydrogen (secondary N) is 1. The van der Waals surface area contributed by atoms with E-state index in [1.54, 1.807) is 0 Å². The molecule has 2 heterocycles. The molecule has 23 heavy (non-hydrogen) atoms. The second-order valence-electron chi connectivity index (χ2n) is 6.28. The van der Waals surface area contributed by atoms with Gasteiger partial charge >= 0.3 is 12.1 Å². The highest BCUT2D eigenvalue weighted by molar-refractivity contribution is 5.79. The Morgan fingerprint density at radius 3 is 2.65 bits per heavy atom. The summed E-state index contributed by atoms with van der Waals surface area (Å²) in [6, 6.07) is 8.44. The maximum Gasteiger partial charge on any atom is 0.320 e. The minimum atomic E-state index is -0.0309. The van der Waals surface area contributed by atoms with Gasteiger partial charge in [-0.1, -0.05) is 29.8 Å². The largest absolute Gasteiger partial charge is 0.338 e. The van der Waals surface area contributed by atoms with Crippen LogP contribution in [0, 0.1) is 6.92 Å². The van der Waals surface area contributed by atoms with Crippen LogP contribution in [0.5, 0.6) is 0 Å². The van der Waals surface area contributed by atoms with Gasteiger partial charge in [0.2, 0.25) is 0 Å². The Morgan fingerprint density at radius 2 is 1.96 bits per heavy atom. The molecule has 2 aliphatic rings. The van der Waals surface area contributed by atoms with Crippen molar-refractivity contribution >= 4 is 12.1 Å². The van der Waals surface area contributed by atoms with E-state index in [1.165, 1.54) is 5.56 Å². The lowest BCUT2D eigenvalue weighted by molar-refractivity contribution is 0.129. The standard InChI is InChI=1S/C17H24N4O2/c1-3-18-16(22)19-8-9-21-15(11-19)12-20(17(21)23)10-14-6-4-13(2)5-7-14/h4-7,15H,3,8-12H2,1-2H3,(H,18,22)/t15-/m1/s1. The summed E-state index contributed by atoms with van der Waals surface area (Å²) < 4.78 is 0. The van der Waals surface area contributed by atoms with E-state index in [2.05, 4.69) is 36.5 Å². The van der Waals surface area contributed by atoms with E-state index < -0.39 is 0 Å². The summed E-state index contributed by atoms with van der Waals surface area (Å²) in [5, 5.41) is 2.83. The van der Waals surface area contributed by atoms with Gasteiger partial charge in [0, 0.05) is 39.3 Å². The molecule has 1 atom stereocenters. The molecule has 2 aliphatic heterocycles. The highest BCUT2D eigenvalue weighted by atomic mass is 16.2. The molecule has 0 spiro atoms. The maximum absolute atomic E-state index is 12.5. The summed E-state index contributed by atoms with van der Waals surface area (Å²) in [6.45, 7) is 7.75. The highest BCUT2D eigenvalue weighted by Gasteiger charge is 2.41. The second kappa shape index (κ2) is 6.48. The van der Waals surface area contributed by atoms with Crippen LogP contribution in [0.25, 0.3) is 0 Å². The fourth-order valence-electron chi connectivity index (χ4n) is 3.27. The van der Waals surface area contributed by atoms with Crippen LogP contribution in [-0.2, 0) is 6.54 Å². The third kappa shape index (κ3) is 3.25. The van der Waals surface area contributed by atoms with E-state index in [0.29, 0.717) is 39.3 Å². The van der Waals surface area contributed by atoms with Crippen molar-refractivity contribution in [1.29, 1.82) is 0 Å². The number of carbonyl (C=O) groups excluding carboxylic acids is 2. The molecular weight excluding hydrogens is 292 g/mol. The Kier molecular flexibility index (Phi) is 4.41. The smallest absolute Gasteiger partial charge is 0.320 e. The van der Waals surface area contributed by atoms with Crippen molar-refractivity contribution in [2.24, 2.45) is 0 Å². The van der Waals surface area contributed by atoms with Crippen LogP contribution < -0.4 is 5.32 Å². The minimum Gasteiger partial charge on any atom is -0.338 e. The number of carbonyl (C=O) groups is 2. The van der Waals surface area contributed by atoms with Crippen LogP contribution in [0.1, 0.15) is 18.1 Å². The Balaban J connectivity index is 1.63. The minimum absolute atomic E-state index is 0.0309. The molecule has 0 unspecified atom stereocenters. The van der Waals surface area contributed by atoms with Crippen LogP contribution in [0.2, 0.25) is 0 Å². The fourth-order valence-corrected chi connectivity index (χ4v) is 3.27. The van der Waals surface area contributed by atoms with Gasteiger partial charge in [0.15, 0.2) is 0 Å². The highest BCUT2D eigenvalue weighted by Crippen LogP contribution is 2.22. The number of piperazine rings is 1. The van der Waals surface area contributed by atoms with Gasteiger partial charge in [0.25, 0.3) is 0 Å². The van der Waals surface area contributed by atoms with Crippen LogP contribution in [0.15, 0.2) is 24.3 Å². The quantitative estimate of drug-likeness (QED) is 0.922. The Bertz CT molecular complexity index is 587. The summed E-state index contributed by atoms with van der Waals surface area (Å²) >= 11 is 0. The molecular formula is C17H24N4O2. The number of nitrogens with zero attached hydrogens (tertiary/aromatic N) is 3. The van der Waals surface area contributed by atoms with E-state index in [4.69, 9.17) is 0 Å². The van der Waals surface area contributed by atoms with Gasteiger partial charge in [-0.05, 0) is 19.4 Å². The molecule has 1 aromatic carbocycles. The molecule has 1 aromatic rings. The molecule has 4 amide bonds. The zero-order chi connectivity index (χ0) is 16.4. The van der Waals surface area contributed by atoms with Crippen molar-refractivity contribution in [3.8, 4) is 0 Å². The normalized spacial score (nSPS) is 20.7. The van der Waals surface area contributed by atoms with Crippen molar-refractivity contribution < 1.29 is 9.59 Å². The monoisotopic (exact) mass is 316 g/mol. The predicted octanol–water partition coefficient (Wildman–Crippen LogP) is 1.65. The van der Waals surface area contributed by atoms with Crippen LogP contribution >= 0.6 is 0 Å². The number of rotatable bonds is 3. The van der Waals surface area contributed by atoms with Crippen molar-refractivity contribution in [1.82, 2.24) is 20.0 Å². The summed E-state index contributed by atoms with van der Waals surface area (Å²) in [4.78, 5) is 30.1. The first-order valence-electron chi connectivity index (χ1n) is 8.22. The lowest BCUT2D eigenvalue weighted by atomic mass is 10.1. The molecule has 124 valence electrons. The summed E-state index contributed by atoms with van der Waals surface area (Å²) in [7, 11) is 0. The zero-order valence-corrected chi connectivity index (χ0v) is 13.8.